The molecule has 2 aromatic heterocycles. The highest BCUT2D eigenvalue weighted by atomic mass is 32.1. The number of rotatable bonds is 6. The molecule has 2 fully saturated rings. The van der Waals surface area contributed by atoms with Crippen molar-refractivity contribution in [3.8, 4) is 0 Å². The van der Waals surface area contributed by atoms with Gasteiger partial charge in [0.1, 0.15) is 17.2 Å². The summed E-state index contributed by atoms with van der Waals surface area (Å²) in [5, 5.41) is 12.9. The van der Waals surface area contributed by atoms with Crippen LogP contribution in [0.4, 0.5) is 10.2 Å². The molecule has 0 atom stereocenters. The van der Waals surface area contributed by atoms with E-state index in [4.69, 9.17) is 4.74 Å². The molecule has 1 saturated carbocycles. The largest absolute Gasteiger partial charge is 0.477 e. The van der Waals surface area contributed by atoms with E-state index in [9.17, 15) is 14.7 Å². The molecule has 7 nitrogen and oxygen atoms in total. The fraction of sp³-hybridized carbons (Fsp3) is 0.458. The molecule has 0 radical (unpaired) electrons. The molecule has 1 aliphatic carbocycles. The van der Waals surface area contributed by atoms with Crippen LogP contribution in [0.1, 0.15) is 65.3 Å². The summed E-state index contributed by atoms with van der Waals surface area (Å²) in [6.45, 7) is 6.07. The Hall–Kier alpha value is -2.78. The number of carboxylic acids is 1. The number of aromatic carboxylic acids is 1. The van der Waals surface area contributed by atoms with Crippen molar-refractivity contribution in [2.75, 3.05) is 31.2 Å². The van der Waals surface area contributed by atoms with Crippen molar-refractivity contribution in [2.24, 2.45) is 0 Å². The summed E-state index contributed by atoms with van der Waals surface area (Å²) in [5.41, 5.74) is 1.09. The lowest BCUT2D eigenvalue weighted by atomic mass is 10.0. The average molecular weight is 472 g/mol. The van der Waals surface area contributed by atoms with Crippen molar-refractivity contribution >= 4 is 34.0 Å². The molecule has 1 aliphatic heterocycles. The Morgan fingerprint density at radius 2 is 2.03 bits per heavy atom. The summed E-state index contributed by atoms with van der Waals surface area (Å²) in [7, 11) is 0. The highest BCUT2D eigenvalue weighted by Crippen LogP contribution is 2.42. The molecule has 0 amide bonds. The van der Waals surface area contributed by atoms with E-state index in [2.05, 4.69) is 18.8 Å². The van der Waals surface area contributed by atoms with E-state index >= 15 is 4.39 Å². The third-order valence-corrected chi connectivity index (χ3v) is 7.15. The van der Waals surface area contributed by atoms with Crippen LogP contribution in [-0.4, -0.2) is 46.9 Å². The number of hydrogen-bond acceptors (Lipinski definition) is 6. The summed E-state index contributed by atoms with van der Waals surface area (Å²) in [6, 6.07) is 3.02. The van der Waals surface area contributed by atoms with Crippen LogP contribution in [-0.2, 0) is 11.2 Å². The lowest BCUT2D eigenvalue weighted by Gasteiger charge is -2.33. The second kappa shape index (κ2) is 8.53. The minimum Gasteiger partial charge on any atom is -0.477 e. The summed E-state index contributed by atoms with van der Waals surface area (Å²) in [5.74, 6) is -1.09. The zero-order valence-corrected chi connectivity index (χ0v) is 19.5. The van der Waals surface area contributed by atoms with Crippen LogP contribution in [0.15, 0.2) is 22.3 Å². The van der Waals surface area contributed by atoms with E-state index in [0.717, 1.165) is 23.5 Å². The van der Waals surface area contributed by atoms with Gasteiger partial charge in [0.05, 0.1) is 29.4 Å². The van der Waals surface area contributed by atoms with Gasteiger partial charge in [0.15, 0.2) is 0 Å². The number of carboxylic acid groups (broad SMARTS) is 1. The summed E-state index contributed by atoms with van der Waals surface area (Å²) >= 11 is 1.50. The second-order valence-electron chi connectivity index (χ2n) is 8.99. The minimum atomic E-state index is -1.29. The molecule has 174 valence electrons. The first-order valence-corrected chi connectivity index (χ1v) is 12.1. The summed E-state index contributed by atoms with van der Waals surface area (Å²) in [6.07, 6.45) is 2.11. The lowest BCUT2D eigenvalue weighted by Crippen LogP contribution is -2.40. The number of thiazole rings is 1. The van der Waals surface area contributed by atoms with Crippen LogP contribution in [0.5, 0.6) is 0 Å². The van der Waals surface area contributed by atoms with Crippen molar-refractivity contribution in [3.63, 3.8) is 0 Å². The molecular formula is C24H26FN3O4S. The first kappa shape index (κ1) is 22.0. The van der Waals surface area contributed by atoms with Crippen LogP contribution in [0, 0.1) is 5.82 Å². The van der Waals surface area contributed by atoms with E-state index in [0.29, 0.717) is 55.5 Å². The van der Waals surface area contributed by atoms with Crippen molar-refractivity contribution in [3.05, 3.63) is 55.4 Å². The second-order valence-corrected chi connectivity index (χ2v) is 9.93. The molecule has 0 spiro atoms. The Morgan fingerprint density at radius 1 is 1.30 bits per heavy atom. The van der Waals surface area contributed by atoms with Gasteiger partial charge < -0.3 is 19.3 Å². The number of fused-ring (bicyclic) bond motifs is 1. The molecule has 33 heavy (non-hydrogen) atoms. The third kappa shape index (κ3) is 4.04. The van der Waals surface area contributed by atoms with Gasteiger partial charge in [-0.05, 0) is 36.5 Å². The zero-order valence-electron chi connectivity index (χ0n) is 18.6. The molecule has 0 bridgehead atoms. The predicted octanol–water partition coefficient (Wildman–Crippen LogP) is 4.18. The third-order valence-electron chi connectivity index (χ3n) is 6.29. The average Bonchev–Trinajstić information content (AvgIpc) is 3.51. The Bertz CT molecular complexity index is 1290. The standard InChI is InChI=1S/C24H26FN3O4S/c1-13(2)18-12-33-20(26-18)10-14-9-19-16(11-17(14)25)22(29)21(24(30)31)23(28(19)15-3-4-15)27-5-7-32-8-6-27/h9,11-13,15H,3-8,10H2,1-2H3,(H,30,31). The molecule has 1 saturated heterocycles. The van der Waals surface area contributed by atoms with Gasteiger partial charge >= 0.3 is 5.97 Å². The molecular weight excluding hydrogens is 445 g/mol. The Balaban J connectivity index is 1.71. The van der Waals surface area contributed by atoms with Crippen LogP contribution in [0.3, 0.4) is 0 Å². The van der Waals surface area contributed by atoms with Gasteiger partial charge in [0.2, 0.25) is 5.43 Å². The molecule has 1 aromatic carbocycles. The Morgan fingerprint density at radius 3 is 2.64 bits per heavy atom. The number of benzene rings is 1. The van der Waals surface area contributed by atoms with Crippen LogP contribution in [0.2, 0.25) is 0 Å². The van der Waals surface area contributed by atoms with Gasteiger partial charge in [0, 0.05) is 36.3 Å². The number of morpholine rings is 1. The van der Waals surface area contributed by atoms with E-state index in [-0.39, 0.29) is 17.0 Å². The van der Waals surface area contributed by atoms with Crippen molar-refractivity contribution in [2.45, 2.75) is 45.1 Å². The molecule has 5 rings (SSSR count). The maximum Gasteiger partial charge on any atom is 0.343 e. The van der Waals surface area contributed by atoms with Gasteiger partial charge in [-0.2, -0.15) is 0 Å². The van der Waals surface area contributed by atoms with Crippen molar-refractivity contribution < 1.29 is 19.0 Å². The fourth-order valence-electron chi connectivity index (χ4n) is 4.41. The monoisotopic (exact) mass is 471 g/mol. The molecule has 2 aliphatic rings. The molecule has 3 heterocycles. The normalized spacial score (nSPS) is 16.7. The number of anilines is 1. The highest BCUT2D eigenvalue weighted by Gasteiger charge is 2.34. The maximum absolute atomic E-state index is 15.1. The van der Waals surface area contributed by atoms with E-state index < -0.39 is 17.2 Å². The van der Waals surface area contributed by atoms with Crippen molar-refractivity contribution in [1.82, 2.24) is 9.55 Å². The fourth-order valence-corrected chi connectivity index (χ4v) is 5.39. The topological polar surface area (TPSA) is 84.7 Å². The number of halogens is 1. The van der Waals surface area contributed by atoms with Crippen LogP contribution < -0.4 is 10.3 Å². The zero-order chi connectivity index (χ0) is 23.3. The quantitative estimate of drug-likeness (QED) is 0.581. The molecule has 0 unspecified atom stereocenters. The Labute approximate surface area is 194 Å². The predicted molar refractivity (Wildman–Crippen MR) is 125 cm³/mol. The molecule has 9 heteroatoms. The first-order valence-electron chi connectivity index (χ1n) is 11.3. The van der Waals surface area contributed by atoms with E-state index in [1.165, 1.54) is 17.4 Å². The van der Waals surface area contributed by atoms with Gasteiger partial charge in [0.25, 0.3) is 0 Å². The smallest absolute Gasteiger partial charge is 0.343 e. The molecule has 3 aromatic rings. The highest BCUT2D eigenvalue weighted by molar-refractivity contribution is 7.09. The Kier molecular flexibility index (Phi) is 5.70. The van der Waals surface area contributed by atoms with E-state index in [1.807, 2.05) is 14.8 Å². The summed E-state index contributed by atoms with van der Waals surface area (Å²) < 4.78 is 22.5. The maximum atomic E-state index is 15.1. The number of ether oxygens (including phenoxy) is 1. The van der Waals surface area contributed by atoms with E-state index in [1.54, 1.807) is 6.07 Å². The van der Waals surface area contributed by atoms with Crippen LogP contribution in [0.25, 0.3) is 10.9 Å². The number of hydrogen-bond donors (Lipinski definition) is 1. The first-order chi connectivity index (χ1) is 15.8. The van der Waals surface area contributed by atoms with Crippen LogP contribution >= 0.6 is 11.3 Å². The number of carbonyl (C=O) groups is 1. The lowest BCUT2D eigenvalue weighted by molar-refractivity contribution is 0.0694. The minimum absolute atomic E-state index is 0.0924. The SMILES string of the molecule is CC(C)c1csc(Cc2cc3c(cc2F)c(=O)c(C(=O)O)c(N2CCOCC2)n3C2CC2)n1. The van der Waals surface area contributed by atoms with Gasteiger partial charge in [-0.1, -0.05) is 13.8 Å². The number of pyridine rings is 1. The van der Waals surface area contributed by atoms with Gasteiger partial charge in [-0.25, -0.2) is 14.2 Å². The number of aromatic nitrogens is 2. The van der Waals surface area contributed by atoms with Gasteiger partial charge in [-0.3, -0.25) is 4.79 Å². The van der Waals surface area contributed by atoms with Crippen molar-refractivity contribution in [1.29, 1.82) is 0 Å². The summed E-state index contributed by atoms with van der Waals surface area (Å²) in [4.78, 5) is 32.0. The number of nitrogens with zero attached hydrogens (tertiary/aromatic N) is 3. The molecule has 1 N–H and O–H groups in total. The van der Waals surface area contributed by atoms with Gasteiger partial charge in [-0.15, -0.1) is 11.3 Å².